The van der Waals surface area contributed by atoms with Crippen molar-refractivity contribution in [1.29, 1.82) is 0 Å². The fraction of sp³-hybridized carbons (Fsp3) is 0.182. The summed E-state index contributed by atoms with van der Waals surface area (Å²) in [6.45, 7) is 1.65. The highest BCUT2D eigenvalue weighted by molar-refractivity contribution is 5.95. The maximum Gasteiger partial charge on any atom is 0.265 e. The second-order valence-corrected chi connectivity index (χ2v) is 10.7. The third-order valence-electron chi connectivity index (χ3n) is 7.91. The van der Waals surface area contributed by atoms with E-state index in [0.29, 0.717) is 39.6 Å². The fourth-order valence-corrected chi connectivity index (χ4v) is 5.86. The summed E-state index contributed by atoms with van der Waals surface area (Å²) in [7, 11) is 0. The molecule has 0 bridgehead atoms. The zero-order valence-electron chi connectivity index (χ0n) is 22.4. The molecule has 1 atom stereocenters. The van der Waals surface area contributed by atoms with E-state index < -0.39 is 11.4 Å². The minimum atomic E-state index is -0.527. The number of hydrogen-bond donors (Lipinski definition) is 3. The van der Waals surface area contributed by atoms with E-state index in [2.05, 4.69) is 21.4 Å². The van der Waals surface area contributed by atoms with Gasteiger partial charge < -0.3 is 16.2 Å². The van der Waals surface area contributed by atoms with E-state index >= 15 is 4.39 Å². The van der Waals surface area contributed by atoms with Crippen LogP contribution in [0.4, 0.5) is 16.2 Å². The van der Waals surface area contributed by atoms with Crippen molar-refractivity contribution in [2.75, 3.05) is 11.1 Å². The minimum absolute atomic E-state index is 0.00462. The molecule has 0 radical (unpaired) electrons. The summed E-state index contributed by atoms with van der Waals surface area (Å²) in [6.07, 6.45) is 5.83. The summed E-state index contributed by atoms with van der Waals surface area (Å²) >= 11 is 0. The van der Waals surface area contributed by atoms with Gasteiger partial charge in [0.05, 0.1) is 28.9 Å². The lowest BCUT2D eigenvalue weighted by atomic mass is 9.89. The number of benzene rings is 3. The molecule has 5 aromatic rings. The van der Waals surface area contributed by atoms with E-state index in [4.69, 9.17) is 5.73 Å². The van der Waals surface area contributed by atoms with Crippen molar-refractivity contribution in [1.82, 2.24) is 14.5 Å². The Labute approximate surface area is 235 Å². The van der Waals surface area contributed by atoms with Crippen LogP contribution in [-0.2, 0) is 6.61 Å². The van der Waals surface area contributed by atoms with Crippen LogP contribution in [0.5, 0.6) is 0 Å². The van der Waals surface area contributed by atoms with Gasteiger partial charge in [0, 0.05) is 23.4 Å². The molecule has 1 saturated carbocycles. The smallest absolute Gasteiger partial charge is 0.265 e. The number of aliphatic hydroxyl groups is 1. The Hall–Kier alpha value is -4.82. The zero-order chi connectivity index (χ0) is 28.2. The molecule has 8 heteroatoms. The summed E-state index contributed by atoms with van der Waals surface area (Å²) in [5.74, 6) is 0.513. The largest absolute Gasteiger partial charge is 0.392 e. The third kappa shape index (κ3) is 4.28. The van der Waals surface area contributed by atoms with Crippen LogP contribution in [0.15, 0.2) is 83.8 Å². The van der Waals surface area contributed by atoms with Crippen LogP contribution in [0, 0.1) is 5.82 Å². The summed E-state index contributed by atoms with van der Waals surface area (Å²) in [5, 5.41) is 14.7. The van der Waals surface area contributed by atoms with Crippen LogP contribution in [0.3, 0.4) is 0 Å². The van der Waals surface area contributed by atoms with Crippen molar-refractivity contribution in [3.05, 3.63) is 117 Å². The molecule has 1 aliphatic carbocycles. The van der Waals surface area contributed by atoms with Gasteiger partial charge in [-0.1, -0.05) is 54.6 Å². The average molecular weight is 546 g/mol. The normalized spacial score (nSPS) is 16.3. The van der Waals surface area contributed by atoms with Crippen molar-refractivity contribution in [3.8, 4) is 16.9 Å². The maximum absolute atomic E-state index is 15.3. The Kier molecular flexibility index (Phi) is 5.94. The van der Waals surface area contributed by atoms with Gasteiger partial charge in [-0.3, -0.25) is 9.36 Å². The Bertz CT molecular complexity index is 1930. The van der Waals surface area contributed by atoms with E-state index in [1.54, 1.807) is 24.4 Å². The quantitative estimate of drug-likeness (QED) is 0.258. The van der Waals surface area contributed by atoms with Gasteiger partial charge in [-0.05, 0) is 66.0 Å². The second-order valence-electron chi connectivity index (χ2n) is 10.7. The molecule has 7 rings (SSSR count). The number of pyridine rings is 1. The molecule has 4 N–H and O–H groups in total. The van der Waals surface area contributed by atoms with Crippen LogP contribution < -0.4 is 16.6 Å². The van der Waals surface area contributed by atoms with Gasteiger partial charge >= 0.3 is 0 Å². The zero-order valence-corrected chi connectivity index (χ0v) is 22.4. The number of nitrogen functional groups attached to an aromatic ring is 1. The summed E-state index contributed by atoms with van der Waals surface area (Å²) in [6, 6.07) is 20.5. The van der Waals surface area contributed by atoms with Crippen molar-refractivity contribution in [2.45, 2.75) is 38.3 Å². The van der Waals surface area contributed by atoms with Gasteiger partial charge in [0.25, 0.3) is 5.56 Å². The second kappa shape index (κ2) is 9.67. The highest BCUT2D eigenvalue weighted by atomic mass is 19.1. The number of fused-ring (bicyclic) bond motifs is 2. The number of nitrogens with zero attached hydrogens (tertiary/aromatic N) is 3. The lowest BCUT2D eigenvalue weighted by Crippen LogP contribution is -2.22. The molecular formula is C33H28FN5O2. The number of rotatable bonds is 5. The van der Waals surface area contributed by atoms with E-state index in [-0.39, 0.29) is 24.0 Å². The first-order valence-electron chi connectivity index (χ1n) is 13.7. The Morgan fingerprint density at radius 1 is 1.07 bits per heavy atom. The Balaban J connectivity index is 1.44. The molecule has 41 heavy (non-hydrogen) atoms. The fourth-order valence-electron chi connectivity index (χ4n) is 5.86. The Morgan fingerprint density at radius 3 is 2.63 bits per heavy atom. The molecule has 0 spiro atoms. The molecule has 0 saturated heterocycles. The number of anilines is 2. The van der Waals surface area contributed by atoms with E-state index in [1.165, 1.54) is 10.6 Å². The monoisotopic (exact) mass is 545 g/mol. The predicted octanol–water partition coefficient (Wildman–Crippen LogP) is 5.78. The molecular weight excluding hydrogens is 517 g/mol. The van der Waals surface area contributed by atoms with Crippen molar-refractivity contribution in [3.63, 3.8) is 0 Å². The Morgan fingerprint density at radius 2 is 1.88 bits per heavy atom. The average Bonchev–Trinajstić information content (AvgIpc) is 3.82. The molecule has 204 valence electrons. The molecule has 3 heterocycles. The van der Waals surface area contributed by atoms with Crippen LogP contribution in [0.2, 0.25) is 0 Å². The number of aromatic nitrogens is 3. The first-order chi connectivity index (χ1) is 19.9. The van der Waals surface area contributed by atoms with E-state index in [9.17, 15) is 9.90 Å². The molecule has 2 aliphatic rings. The van der Waals surface area contributed by atoms with Crippen LogP contribution in [0.25, 0.3) is 33.3 Å². The van der Waals surface area contributed by atoms with Crippen molar-refractivity contribution in [2.24, 2.45) is 0 Å². The molecule has 1 unspecified atom stereocenters. The summed E-state index contributed by atoms with van der Waals surface area (Å²) in [5.41, 5.74) is 11.4. The first kappa shape index (κ1) is 25.2. The highest BCUT2D eigenvalue weighted by Crippen LogP contribution is 2.42. The molecule has 2 aromatic heterocycles. The molecule has 3 aromatic carbocycles. The lowest BCUT2D eigenvalue weighted by Gasteiger charge is -2.26. The summed E-state index contributed by atoms with van der Waals surface area (Å²) in [4.78, 5) is 22.8. The maximum atomic E-state index is 15.3. The third-order valence-corrected chi connectivity index (χ3v) is 7.91. The number of aliphatic hydroxyl groups excluding tert-OH is 1. The van der Waals surface area contributed by atoms with Gasteiger partial charge in [-0.2, -0.15) is 4.98 Å². The standard InChI is InChI=1S/C33H28FN5O2/c1-18-14-24(20-6-3-2-4-7-20)29-30(37-33(35)38-31(29)36-18)23-8-5-9-27(25(23)17-40)39-13-12-21-15-22(19-10-11-19)16-26(34)28(21)32(39)41/h2-9,12-16,18-19,40H,10-11,17H2,1H3,(H3,35,36,37,38). The SMILES string of the molecule is CC1C=C(c2ccccc2)c2c(nc(N)nc2-c2cccc(-n3ccc4cc(C5CC5)cc(F)c4c3=O)c2CO)N1. The van der Waals surface area contributed by atoms with Gasteiger partial charge in [-0.15, -0.1) is 0 Å². The number of nitrogens with one attached hydrogen (secondary N) is 1. The van der Waals surface area contributed by atoms with Gasteiger partial charge in [-0.25, -0.2) is 9.37 Å². The van der Waals surface area contributed by atoms with Gasteiger partial charge in [0.2, 0.25) is 5.95 Å². The van der Waals surface area contributed by atoms with Crippen LogP contribution in [0.1, 0.15) is 47.9 Å². The number of hydrogen-bond acceptors (Lipinski definition) is 6. The summed E-state index contributed by atoms with van der Waals surface area (Å²) < 4.78 is 16.7. The lowest BCUT2D eigenvalue weighted by molar-refractivity contribution is 0.282. The number of halogens is 1. The number of nitrogens with two attached hydrogens (primary N) is 1. The molecule has 1 aliphatic heterocycles. The first-order valence-corrected chi connectivity index (χ1v) is 13.7. The molecule has 7 nitrogen and oxygen atoms in total. The predicted molar refractivity (Wildman–Crippen MR) is 159 cm³/mol. The van der Waals surface area contributed by atoms with Crippen LogP contribution >= 0.6 is 0 Å². The van der Waals surface area contributed by atoms with E-state index in [1.807, 2.05) is 49.4 Å². The van der Waals surface area contributed by atoms with E-state index in [0.717, 1.165) is 35.1 Å². The van der Waals surface area contributed by atoms with Crippen molar-refractivity contribution >= 4 is 28.1 Å². The van der Waals surface area contributed by atoms with Crippen LogP contribution in [-0.4, -0.2) is 25.7 Å². The minimum Gasteiger partial charge on any atom is -0.392 e. The van der Waals surface area contributed by atoms with Gasteiger partial charge in [0.1, 0.15) is 11.6 Å². The molecule has 1 fully saturated rings. The highest BCUT2D eigenvalue weighted by Gasteiger charge is 2.28. The van der Waals surface area contributed by atoms with Gasteiger partial charge in [0.15, 0.2) is 0 Å². The van der Waals surface area contributed by atoms with Crippen molar-refractivity contribution < 1.29 is 9.50 Å². The topological polar surface area (TPSA) is 106 Å². The molecule has 0 amide bonds.